The fourth-order valence-electron chi connectivity index (χ4n) is 2.35. The van der Waals surface area contributed by atoms with Gasteiger partial charge in [-0.2, -0.15) is 5.26 Å². The molecule has 0 amide bonds. The fraction of sp³-hybridized carbons (Fsp3) is 0.571. The molecule has 1 aromatic rings. The van der Waals surface area contributed by atoms with Crippen molar-refractivity contribution in [3.05, 3.63) is 23.9 Å². The number of rotatable bonds is 3. The molecule has 0 radical (unpaired) electrons. The van der Waals surface area contributed by atoms with Crippen LogP contribution in [0.2, 0.25) is 0 Å². The highest BCUT2D eigenvalue weighted by Gasteiger charge is 2.27. The van der Waals surface area contributed by atoms with Crippen molar-refractivity contribution >= 4 is 0 Å². The van der Waals surface area contributed by atoms with Gasteiger partial charge in [0.25, 0.3) is 0 Å². The summed E-state index contributed by atoms with van der Waals surface area (Å²) < 4.78 is 5.66. The lowest BCUT2D eigenvalue weighted by molar-refractivity contribution is 0.193. The van der Waals surface area contributed by atoms with Gasteiger partial charge in [-0.15, -0.1) is 0 Å². The molecule has 0 aliphatic heterocycles. The first-order valence-electron chi connectivity index (χ1n) is 6.50. The van der Waals surface area contributed by atoms with E-state index in [0.29, 0.717) is 18.1 Å². The average Bonchev–Trinajstić information content (AvgIpc) is 2.62. The zero-order chi connectivity index (χ0) is 12.8. The molecule has 2 N–H and O–H groups in total. The molecule has 0 atom stereocenters. The molecule has 2 rings (SSSR count). The Kier molecular flexibility index (Phi) is 4.16. The van der Waals surface area contributed by atoms with Gasteiger partial charge >= 0.3 is 0 Å². The molecular weight excluding hydrogens is 226 g/mol. The maximum atomic E-state index is 8.81. The molecular formula is C14H19N3O. The van der Waals surface area contributed by atoms with Gasteiger partial charge in [0.1, 0.15) is 6.61 Å². The molecule has 0 bridgehead atoms. The summed E-state index contributed by atoms with van der Waals surface area (Å²) in [4.78, 5) is 4.10. The number of nitrogens with zero attached hydrogens (tertiary/aromatic N) is 2. The fourth-order valence-corrected chi connectivity index (χ4v) is 2.35. The molecule has 0 spiro atoms. The van der Waals surface area contributed by atoms with Crippen molar-refractivity contribution in [1.82, 2.24) is 4.98 Å². The second-order valence-electron chi connectivity index (χ2n) is 5.06. The number of pyridine rings is 1. The topological polar surface area (TPSA) is 71.9 Å². The van der Waals surface area contributed by atoms with Crippen LogP contribution in [0, 0.1) is 11.3 Å². The van der Waals surface area contributed by atoms with E-state index < -0.39 is 0 Å². The monoisotopic (exact) mass is 245 g/mol. The van der Waals surface area contributed by atoms with E-state index in [1.165, 1.54) is 25.7 Å². The summed E-state index contributed by atoms with van der Waals surface area (Å²) >= 11 is 0. The van der Waals surface area contributed by atoms with Crippen LogP contribution in [0.1, 0.15) is 44.1 Å². The van der Waals surface area contributed by atoms with Crippen LogP contribution in [-0.2, 0) is 0 Å². The maximum absolute atomic E-state index is 8.81. The molecule has 0 unspecified atom stereocenters. The lowest BCUT2D eigenvalue weighted by Gasteiger charge is -2.27. The van der Waals surface area contributed by atoms with Crippen LogP contribution in [0.3, 0.4) is 0 Å². The number of nitrogens with two attached hydrogens (primary N) is 1. The Morgan fingerprint density at radius 2 is 2.06 bits per heavy atom. The van der Waals surface area contributed by atoms with Crippen LogP contribution in [0.25, 0.3) is 0 Å². The standard InChI is InChI=1S/C14H19N3O/c15-10-12-5-8-17-13(9-12)18-11-14(16)6-3-1-2-4-7-14/h5,8-9H,1-4,6-7,11,16H2. The first kappa shape index (κ1) is 12.8. The molecule has 4 nitrogen and oxygen atoms in total. The molecule has 4 heteroatoms. The Balaban J connectivity index is 1.95. The molecule has 0 aromatic carbocycles. The third-order valence-electron chi connectivity index (χ3n) is 3.47. The number of hydrogen-bond donors (Lipinski definition) is 1. The highest BCUT2D eigenvalue weighted by Crippen LogP contribution is 2.25. The van der Waals surface area contributed by atoms with Crippen molar-refractivity contribution in [3.63, 3.8) is 0 Å². The van der Waals surface area contributed by atoms with E-state index in [1.54, 1.807) is 18.3 Å². The minimum Gasteiger partial charge on any atom is -0.476 e. The highest BCUT2D eigenvalue weighted by atomic mass is 16.5. The van der Waals surface area contributed by atoms with Gasteiger partial charge in [0.2, 0.25) is 5.88 Å². The summed E-state index contributed by atoms with van der Waals surface area (Å²) in [5, 5.41) is 8.81. The number of nitriles is 1. The van der Waals surface area contributed by atoms with E-state index in [4.69, 9.17) is 15.7 Å². The van der Waals surface area contributed by atoms with Crippen molar-refractivity contribution in [1.29, 1.82) is 5.26 Å². The number of aromatic nitrogens is 1. The summed E-state index contributed by atoms with van der Waals surface area (Å²) in [6.45, 7) is 0.481. The Hall–Kier alpha value is -1.60. The number of ether oxygens (including phenoxy) is 1. The number of hydrogen-bond acceptors (Lipinski definition) is 4. The zero-order valence-electron chi connectivity index (χ0n) is 10.6. The Labute approximate surface area is 108 Å². The van der Waals surface area contributed by atoms with Gasteiger partial charge in [0.05, 0.1) is 17.2 Å². The van der Waals surface area contributed by atoms with Gasteiger partial charge in [0.15, 0.2) is 0 Å². The van der Waals surface area contributed by atoms with E-state index in [2.05, 4.69) is 11.1 Å². The Morgan fingerprint density at radius 1 is 1.33 bits per heavy atom. The van der Waals surface area contributed by atoms with E-state index in [1.807, 2.05) is 0 Å². The van der Waals surface area contributed by atoms with Gasteiger partial charge in [-0.05, 0) is 18.9 Å². The predicted octanol–water partition coefficient (Wildman–Crippen LogP) is 2.38. The van der Waals surface area contributed by atoms with Crippen LogP contribution in [0.4, 0.5) is 0 Å². The molecule has 1 fully saturated rings. The van der Waals surface area contributed by atoms with Gasteiger partial charge < -0.3 is 10.5 Å². The smallest absolute Gasteiger partial charge is 0.214 e. The van der Waals surface area contributed by atoms with Gasteiger partial charge in [-0.1, -0.05) is 25.7 Å². The van der Waals surface area contributed by atoms with Crippen molar-refractivity contribution in [2.75, 3.05) is 6.61 Å². The first-order valence-corrected chi connectivity index (χ1v) is 6.50. The van der Waals surface area contributed by atoms with Crippen LogP contribution >= 0.6 is 0 Å². The quantitative estimate of drug-likeness (QED) is 0.830. The molecule has 96 valence electrons. The van der Waals surface area contributed by atoms with Crippen LogP contribution in [0.15, 0.2) is 18.3 Å². The summed E-state index contributed by atoms with van der Waals surface area (Å²) in [6, 6.07) is 5.39. The third kappa shape index (κ3) is 3.44. The maximum Gasteiger partial charge on any atom is 0.214 e. The Morgan fingerprint density at radius 3 is 2.72 bits per heavy atom. The molecule has 0 saturated heterocycles. The molecule has 18 heavy (non-hydrogen) atoms. The van der Waals surface area contributed by atoms with Gasteiger partial charge in [-0.25, -0.2) is 4.98 Å². The normalized spacial score (nSPS) is 18.7. The lowest BCUT2D eigenvalue weighted by atomic mass is 9.93. The van der Waals surface area contributed by atoms with Crippen molar-refractivity contribution in [3.8, 4) is 11.9 Å². The van der Waals surface area contributed by atoms with Crippen molar-refractivity contribution in [2.45, 2.75) is 44.1 Å². The summed E-state index contributed by atoms with van der Waals surface area (Å²) in [7, 11) is 0. The summed E-state index contributed by atoms with van der Waals surface area (Å²) in [5.41, 5.74) is 6.69. The minimum atomic E-state index is -0.235. The molecule has 1 aromatic heterocycles. The van der Waals surface area contributed by atoms with E-state index in [9.17, 15) is 0 Å². The largest absolute Gasteiger partial charge is 0.476 e. The summed E-state index contributed by atoms with van der Waals surface area (Å²) in [5.74, 6) is 0.489. The Bertz CT molecular complexity index is 431. The molecule has 1 aliphatic carbocycles. The van der Waals surface area contributed by atoms with Crippen LogP contribution < -0.4 is 10.5 Å². The SMILES string of the molecule is N#Cc1ccnc(OCC2(N)CCCCCC2)c1. The minimum absolute atomic E-state index is 0.235. The van der Waals surface area contributed by atoms with Crippen molar-refractivity contribution < 1.29 is 4.74 Å². The van der Waals surface area contributed by atoms with Gasteiger partial charge in [0, 0.05) is 12.3 Å². The predicted molar refractivity (Wildman–Crippen MR) is 69.1 cm³/mol. The van der Waals surface area contributed by atoms with E-state index in [-0.39, 0.29) is 5.54 Å². The summed E-state index contributed by atoms with van der Waals surface area (Å²) in [6.07, 6.45) is 8.47. The van der Waals surface area contributed by atoms with E-state index >= 15 is 0 Å². The first-order chi connectivity index (χ1) is 8.72. The van der Waals surface area contributed by atoms with Crippen LogP contribution in [-0.4, -0.2) is 17.1 Å². The molecule has 1 saturated carbocycles. The molecule has 1 aliphatic rings. The van der Waals surface area contributed by atoms with E-state index in [0.717, 1.165) is 12.8 Å². The average molecular weight is 245 g/mol. The second-order valence-corrected chi connectivity index (χ2v) is 5.06. The zero-order valence-corrected chi connectivity index (χ0v) is 10.6. The van der Waals surface area contributed by atoms with Crippen LogP contribution in [0.5, 0.6) is 5.88 Å². The van der Waals surface area contributed by atoms with Gasteiger partial charge in [-0.3, -0.25) is 0 Å². The highest BCUT2D eigenvalue weighted by molar-refractivity contribution is 5.31. The third-order valence-corrected chi connectivity index (χ3v) is 3.47. The lowest BCUT2D eigenvalue weighted by Crippen LogP contribution is -2.45. The second kappa shape index (κ2) is 5.83. The molecule has 1 heterocycles. The van der Waals surface area contributed by atoms with Crippen molar-refractivity contribution in [2.24, 2.45) is 5.73 Å².